The zero-order valence-corrected chi connectivity index (χ0v) is 17.6. The molecule has 2 amide bonds. The molecule has 1 saturated carbocycles. The van der Waals surface area contributed by atoms with Crippen molar-refractivity contribution in [1.82, 2.24) is 15.3 Å². The highest BCUT2D eigenvalue weighted by molar-refractivity contribution is 5.90. The van der Waals surface area contributed by atoms with Gasteiger partial charge in [0.1, 0.15) is 5.82 Å². The summed E-state index contributed by atoms with van der Waals surface area (Å²) >= 11 is 0. The summed E-state index contributed by atoms with van der Waals surface area (Å²) < 4.78 is 0. The molecule has 160 valence electrons. The van der Waals surface area contributed by atoms with E-state index in [0.29, 0.717) is 5.82 Å². The summed E-state index contributed by atoms with van der Waals surface area (Å²) in [4.78, 5) is 26.3. The molecular formula is C24H28N6O. The Labute approximate surface area is 182 Å². The summed E-state index contributed by atoms with van der Waals surface area (Å²) in [5, 5.41) is 5.91. The van der Waals surface area contributed by atoms with Crippen LogP contribution in [0.4, 0.5) is 22.0 Å². The number of hydrogen-bond donors (Lipinski definition) is 2. The molecule has 2 N–H and O–H groups in total. The van der Waals surface area contributed by atoms with Crippen molar-refractivity contribution in [2.45, 2.75) is 31.7 Å². The van der Waals surface area contributed by atoms with Gasteiger partial charge in [0.05, 0.1) is 22.9 Å². The zero-order valence-electron chi connectivity index (χ0n) is 17.6. The highest BCUT2D eigenvalue weighted by Crippen LogP contribution is 2.23. The third-order valence-electron chi connectivity index (χ3n) is 6.22. The van der Waals surface area contributed by atoms with Crippen LogP contribution in [-0.2, 0) is 0 Å². The van der Waals surface area contributed by atoms with E-state index in [4.69, 9.17) is 0 Å². The normalized spacial score (nSPS) is 17.2. The number of nitrogens with zero attached hydrogens (tertiary/aromatic N) is 4. The van der Waals surface area contributed by atoms with Crippen molar-refractivity contribution < 1.29 is 4.79 Å². The third-order valence-corrected chi connectivity index (χ3v) is 6.22. The number of aromatic nitrogens is 2. The van der Waals surface area contributed by atoms with Crippen molar-refractivity contribution in [1.29, 1.82) is 0 Å². The monoisotopic (exact) mass is 416 g/mol. The Hall–Kier alpha value is -3.35. The first-order valence-corrected chi connectivity index (χ1v) is 11.1. The molecule has 7 nitrogen and oxygen atoms in total. The van der Waals surface area contributed by atoms with Gasteiger partial charge in [-0.1, -0.05) is 31.0 Å². The lowest BCUT2D eigenvalue weighted by molar-refractivity contribution is 0.248. The topological polar surface area (TPSA) is 73.4 Å². The van der Waals surface area contributed by atoms with Gasteiger partial charge in [0.2, 0.25) is 0 Å². The SMILES string of the molecule is O=C(Nc1ccc2ncc(N3CCN(c4ccccc4)CC3)cc2n1)NC1CCCC1. The highest BCUT2D eigenvalue weighted by atomic mass is 16.2. The molecule has 0 radical (unpaired) electrons. The average Bonchev–Trinajstić information content (AvgIpc) is 3.32. The molecule has 0 spiro atoms. The van der Waals surface area contributed by atoms with Gasteiger partial charge in [0.15, 0.2) is 0 Å². The maximum Gasteiger partial charge on any atom is 0.320 e. The van der Waals surface area contributed by atoms with Crippen LogP contribution in [0.1, 0.15) is 25.7 Å². The standard InChI is InChI=1S/C24H28N6O/c31-24(26-18-6-4-5-7-18)28-23-11-10-21-22(27-23)16-20(17-25-21)30-14-12-29(13-15-30)19-8-2-1-3-9-19/h1-3,8-11,16-18H,4-7,12-15H2,(H2,26,27,28,31). The summed E-state index contributed by atoms with van der Waals surface area (Å²) in [5.74, 6) is 0.552. The van der Waals surface area contributed by atoms with E-state index in [-0.39, 0.29) is 12.1 Å². The molecule has 1 aliphatic heterocycles. The molecule has 3 heterocycles. The Kier molecular flexibility index (Phi) is 5.56. The lowest BCUT2D eigenvalue weighted by Crippen LogP contribution is -2.46. The van der Waals surface area contributed by atoms with E-state index in [1.54, 1.807) is 0 Å². The Morgan fingerprint density at radius 1 is 0.871 bits per heavy atom. The van der Waals surface area contributed by atoms with Crippen LogP contribution in [0.15, 0.2) is 54.7 Å². The van der Waals surface area contributed by atoms with Crippen molar-refractivity contribution >= 4 is 34.3 Å². The number of para-hydroxylation sites is 1. The van der Waals surface area contributed by atoms with Crippen LogP contribution in [0, 0.1) is 0 Å². The van der Waals surface area contributed by atoms with Gasteiger partial charge in [-0.2, -0.15) is 0 Å². The van der Waals surface area contributed by atoms with Crippen LogP contribution >= 0.6 is 0 Å². The number of fused-ring (bicyclic) bond motifs is 1. The van der Waals surface area contributed by atoms with Crippen LogP contribution in [0.2, 0.25) is 0 Å². The number of benzene rings is 1. The summed E-state index contributed by atoms with van der Waals surface area (Å²) in [5.41, 5.74) is 3.96. The number of carbonyl (C=O) groups excluding carboxylic acids is 1. The molecule has 1 aliphatic carbocycles. The smallest absolute Gasteiger partial charge is 0.320 e. The fourth-order valence-corrected chi connectivity index (χ4v) is 4.51. The second kappa shape index (κ2) is 8.79. The van der Waals surface area contributed by atoms with Gasteiger partial charge >= 0.3 is 6.03 Å². The van der Waals surface area contributed by atoms with E-state index in [9.17, 15) is 4.79 Å². The zero-order chi connectivity index (χ0) is 21.0. The highest BCUT2D eigenvalue weighted by Gasteiger charge is 2.19. The largest absolute Gasteiger partial charge is 0.368 e. The number of urea groups is 1. The van der Waals surface area contributed by atoms with E-state index in [1.807, 2.05) is 18.3 Å². The summed E-state index contributed by atoms with van der Waals surface area (Å²) in [7, 11) is 0. The number of nitrogens with one attached hydrogen (secondary N) is 2. The lowest BCUT2D eigenvalue weighted by Gasteiger charge is -2.37. The van der Waals surface area contributed by atoms with Crippen LogP contribution in [0.25, 0.3) is 11.0 Å². The van der Waals surface area contributed by atoms with Crippen LogP contribution in [0.3, 0.4) is 0 Å². The number of pyridine rings is 2. The minimum absolute atomic E-state index is 0.181. The van der Waals surface area contributed by atoms with Gasteiger partial charge in [0, 0.05) is 37.9 Å². The quantitative estimate of drug-likeness (QED) is 0.672. The lowest BCUT2D eigenvalue weighted by atomic mass is 10.2. The molecule has 7 heteroatoms. The molecule has 2 fully saturated rings. The first kappa shape index (κ1) is 19.6. The number of piperazine rings is 1. The number of hydrogen-bond acceptors (Lipinski definition) is 5. The van der Waals surface area contributed by atoms with Gasteiger partial charge in [0.25, 0.3) is 0 Å². The van der Waals surface area contributed by atoms with Crippen molar-refractivity contribution in [2.75, 3.05) is 41.3 Å². The van der Waals surface area contributed by atoms with Gasteiger partial charge in [-0.25, -0.2) is 9.78 Å². The van der Waals surface area contributed by atoms with Crippen molar-refractivity contribution in [3.05, 3.63) is 54.7 Å². The summed E-state index contributed by atoms with van der Waals surface area (Å²) in [6, 6.07) is 16.4. The second-order valence-electron chi connectivity index (χ2n) is 8.32. The Morgan fingerprint density at radius 3 is 2.32 bits per heavy atom. The minimum atomic E-state index is -0.181. The van der Waals surface area contributed by atoms with Crippen molar-refractivity contribution in [3.63, 3.8) is 0 Å². The third kappa shape index (κ3) is 4.55. The molecule has 2 aliphatic rings. The first-order valence-electron chi connectivity index (χ1n) is 11.1. The molecule has 3 aromatic rings. The van der Waals surface area contributed by atoms with E-state index in [2.05, 4.69) is 66.8 Å². The first-order chi connectivity index (χ1) is 15.2. The van der Waals surface area contributed by atoms with Crippen LogP contribution in [-0.4, -0.2) is 48.2 Å². The van der Waals surface area contributed by atoms with Crippen molar-refractivity contribution in [3.8, 4) is 0 Å². The molecule has 5 rings (SSSR count). The van der Waals surface area contributed by atoms with Crippen molar-refractivity contribution in [2.24, 2.45) is 0 Å². The molecule has 1 saturated heterocycles. The Bertz CT molecular complexity index is 1040. The Balaban J connectivity index is 1.25. The molecular weight excluding hydrogens is 388 g/mol. The predicted octanol–water partition coefficient (Wildman–Crippen LogP) is 4.02. The number of carbonyl (C=O) groups is 1. The number of rotatable bonds is 4. The van der Waals surface area contributed by atoms with Gasteiger partial charge in [-0.05, 0) is 43.2 Å². The number of anilines is 3. The summed E-state index contributed by atoms with van der Waals surface area (Å²) in [6.45, 7) is 3.81. The maximum absolute atomic E-state index is 12.3. The average molecular weight is 417 g/mol. The number of amides is 2. The van der Waals surface area contributed by atoms with Gasteiger partial charge < -0.3 is 15.1 Å². The molecule has 0 bridgehead atoms. The fourth-order valence-electron chi connectivity index (χ4n) is 4.51. The molecule has 1 aromatic carbocycles. The van der Waals surface area contributed by atoms with Gasteiger partial charge in [-0.15, -0.1) is 0 Å². The van der Waals surface area contributed by atoms with Gasteiger partial charge in [-0.3, -0.25) is 10.3 Å². The van der Waals surface area contributed by atoms with E-state index >= 15 is 0 Å². The van der Waals surface area contributed by atoms with Crippen LogP contribution in [0.5, 0.6) is 0 Å². The Morgan fingerprint density at radius 2 is 1.58 bits per heavy atom. The predicted molar refractivity (Wildman–Crippen MR) is 125 cm³/mol. The van der Waals surface area contributed by atoms with Crippen LogP contribution < -0.4 is 20.4 Å². The van der Waals surface area contributed by atoms with E-state index < -0.39 is 0 Å². The second-order valence-corrected chi connectivity index (χ2v) is 8.32. The molecule has 0 unspecified atom stereocenters. The molecule has 2 aromatic heterocycles. The summed E-state index contributed by atoms with van der Waals surface area (Å²) in [6.07, 6.45) is 6.41. The minimum Gasteiger partial charge on any atom is -0.368 e. The molecule has 0 atom stereocenters. The fraction of sp³-hybridized carbons (Fsp3) is 0.375. The van der Waals surface area contributed by atoms with E-state index in [1.165, 1.54) is 18.5 Å². The maximum atomic E-state index is 12.3. The van der Waals surface area contributed by atoms with E-state index in [0.717, 1.165) is 55.7 Å². The molecule has 31 heavy (non-hydrogen) atoms.